The molecule has 1 N–H and O–H groups in total. The van der Waals surface area contributed by atoms with Crippen molar-refractivity contribution in [1.82, 2.24) is 5.32 Å². The van der Waals surface area contributed by atoms with Crippen LogP contribution in [0.4, 0.5) is 0 Å². The van der Waals surface area contributed by atoms with Gasteiger partial charge in [-0.15, -0.1) is 0 Å². The normalized spacial score (nSPS) is 20.3. The van der Waals surface area contributed by atoms with Gasteiger partial charge < -0.3 is 10.1 Å². The predicted octanol–water partition coefficient (Wildman–Crippen LogP) is 3.07. The molecule has 0 radical (unpaired) electrons. The van der Waals surface area contributed by atoms with Crippen LogP contribution in [-0.2, 0) is 6.42 Å². The van der Waals surface area contributed by atoms with Gasteiger partial charge in [-0.05, 0) is 37.6 Å². The van der Waals surface area contributed by atoms with Crippen molar-refractivity contribution in [2.75, 3.05) is 7.05 Å². The quantitative estimate of drug-likeness (QED) is 0.840. The molecule has 2 heteroatoms. The molecule has 1 heterocycles. The number of benzene rings is 1. The van der Waals surface area contributed by atoms with Crippen molar-refractivity contribution >= 4 is 0 Å². The molecule has 0 saturated heterocycles. The van der Waals surface area contributed by atoms with E-state index in [0.29, 0.717) is 12.1 Å². The van der Waals surface area contributed by atoms with Crippen molar-refractivity contribution in [2.24, 2.45) is 0 Å². The molecule has 0 aromatic heterocycles. The van der Waals surface area contributed by atoms with E-state index in [4.69, 9.17) is 4.74 Å². The highest BCUT2D eigenvalue weighted by molar-refractivity contribution is 5.41. The van der Waals surface area contributed by atoms with Gasteiger partial charge in [-0.25, -0.2) is 0 Å². The van der Waals surface area contributed by atoms with E-state index < -0.39 is 0 Å². The smallest absolute Gasteiger partial charge is 0.123 e. The average Bonchev–Trinajstić information content (AvgIpc) is 2.64. The van der Waals surface area contributed by atoms with E-state index in [0.717, 1.165) is 12.2 Å². The highest BCUT2D eigenvalue weighted by atomic mass is 16.5. The number of ether oxygens (including phenoxy) is 1. The Hall–Kier alpha value is -1.02. The van der Waals surface area contributed by atoms with E-state index in [1.165, 1.54) is 24.0 Å². The molecule has 0 fully saturated rings. The van der Waals surface area contributed by atoms with E-state index in [9.17, 15) is 0 Å². The third-order valence-electron chi connectivity index (χ3n) is 3.25. The van der Waals surface area contributed by atoms with Gasteiger partial charge in [0.2, 0.25) is 0 Å². The molecule has 88 valence electrons. The lowest BCUT2D eigenvalue weighted by atomic mass is 9.99. The van der Waals surface area contributed by atoms with Gasteiger partial charge in [-0.3, -0.25) is 0 Å². The Labute approximate surface area is 98.0 Å². The van der Waals surface area contributed by atoms with Crippen molar-refractivity contribution in [3.63, 3.8) is 0 Å². The Bertz CT molecular complexity index is 362. The molecule has 0 saturated carbocycles. The summed E-state index contributed by atoms with van der Waals surface area (Å²) in [6.45, 7) is 4.35. The van der Waals surface area contributed by atoms with Crippen molar-refractivity contribution in [1.29, 1.82) is 0 Å². The maximum atomic E-state index is 5.71. The first-order valence-electron chi connectivity index (χ1n) is 6.21. The van der Waals surface area contributed by atoms with Crippen LogP contribution in [-0.4, -0.2) is 13.2 Å². The Morgan fingerprint density at radius 3 is 3.00 bits per heavy atom. The second-order valence-corrected chi connectivity index (χ2v) is 4.63. The molecular formula is C14H21NO. The van der Waals surface area contributed by atoms with Crippen molar-refractivity contribution < 1.29 is 4.74 Å². The molecule has 0 spiro atoms. The maximum absolute atomic E-state index is 5.71. The van der Waals surface area contributed by atoms with Crippen LogP contribution in [0.15, 0.2) is 18.2 Å². The van der Waals surface area contributed by atoms with Crippen LogP contribution in [0, 0.1) is 0 Å². The first-order valence-corrected chi connectivity index (χ1v) is 6.21. The second-order valence-electron chi connectivity index (χ2n) is 4.63. The number of hydrogen-bond donors (Lipinski definition) is 1. The Morgan fingerprint density at radius 2 is 2.31 bits per heavy atom. The number of hydrogen-bond acceptors (Lipinski definition) is 2. The molecule has 1 aliphatic rings. The van der Waals surface area contributed by atoms with Crippen LogP contribution in [0.5, 0.6) is 5.75 Å². The summed E-state index contributed by atoms with van der Waals surface area (Å²) in [6.07, 6.45) is 3.77. The molecule has 2 nitrogen and oxygen atoms in total. The topological polar surface area (TPSA) is 21.3 Å². The summed E-state index contributed by atoms with van der Waals surface area (Å²) in [5.74, 6) is 1.07. The summed E-state index contributed by atoms with van der Waals surface area (Å²) in [4.78, 5) is 0. The van der Waals surface area contributed by atoms with E-state index in [1.54, 1.807) is 0 Å². The van der Waals surface area contributed by atoms with E-state index in [-0.39, 0.29) is 0 Å². The second kappa shape index (κ2) is 4.88. The lowest BCUT2D eigenvalue weighted by Crippen LogP contribution is -2.16. The monoisotopic (exact) mass is 219 g/mol. The first-order chi connectivity index (χ1) is 7.74. The minimum absolute atomic E-state index is 0.337. The Morgan fingerprint density at radius 1 is 1.50 bits per heavy atom. The standard InChI is InChI=1S/C14H21NO/c1-4-5-13(15-3)11-6-7-14-12(9-11)8-10(2)16-14/h6-7,9-10,13,15H,4-5,8H2,1-3H3. The van der Waals surface area contributed by atoms with Gasteiger partial charge in [0.1, 0.15) is 11.9 Å². The molecule has 0 bridgehead atoms. The van der Waals surface area contributed by atoms with Crippen molar-refractivity contribution in [2.45, 2.75) is 45.3 Å². The summed E-state index contributed by atoms with van der Waals surface area (Å²) in [7, 11) is 2.03. The molecule has 2 unspecified atom stereocenters. The van der Waals surface area contributed by atoms with Gasteiger partial charge in [0, 0.05) is 12.5 Å². The third-order valence-corrected chi connectivity index (χ3v) is 3.25. The molecule has 0 aliphatic carbocycles. The lowest BCUT2D eigenvalue weighted by molar-refractivity contribution is 0.254. The maximum Gasteiger partial charge on any atom is 0.123 e. The van der Waals surface area contributed by atoms with Gasteiger partial charge in [0.15, 0.2) is 0 Å². The molecule has 16 heavy (non-hydrogen) atoms. The molecular weight excluding hydrogens is 198 g/mol. The van der Waals surface area contributed by atoms with E-state index in [1.807, 2.05) is 7.05 Å². The highest BCUT2D eigenvalue weighted by Crippen LogP contribution is 2.31. The van der Waals surface area contributed by atoms with Crippen molar-refractivity contribution in [3.8, 4) is 5.75 Å². The van der Waals surface area contributed by atoms with Gasteiger partial charge >= 0.3 is 0 Å². The van der Waals surface area contributed by atoms with Gasteiger partial charge in [0.25, 0.3) is 0 Å². The first kappa shape index (κ1) is 11.5. The SMILES string of the molecule is CCCC(NC)c1ccc2c(c1)CC(C)O2. The minimum atomic E-state index is 0.337. The Kier molecular flexibility index (Phi) is 3.49. The third kappa shape index (κ3) is 2.22. The number of rotatable bonds is 4. The average molecular weight is 219 g/mol. The lowest BCUT2D eigenvalue weighted by Gasteiger charge is -2.16. The zero-order chi connectivity index (χ0) is 11.5. The largest absolute Gasteiger partial charge is 0.490 e. The number of nitrogens with one attached hydrogen (secondary N) is 1. The number of fused-ring (bicyclic) bond motifs is 1. The summed E-state index contributed by atoms with van der Waals surface area (Å²) in [6, 6.07) is 7.09. The summed E-state index contributed by atoms with van der Waals surface area (Å²) in [5.41, 5.74) is 2.75. The van der Waals surface area contributed by atoms with Crippen LogP contribution >= 0.6 is 0 Å². The summed E-state index contributed by atoms with van der Waals surface area (Å²) < 4.78 is 5.71. The van der Waals surface area contributed by atoms with Gasteiger partial charge in [-0.2, -0.15) is 0 Å². The minimum Gasteiger partial charge on any atom is -0.490 e. The van der Waals surface area contributed by atoms with Gasteiger partial charge in [0.05, 0.1) is 0 Å². The summed E-state index contributed by atoms with van der Waals surface area (Å²) >= 11 is 0. The Balaban J connectivity index is 2.20. The fraction of sp³-hybridized carbons (Fsp3) is 0.571. The van der Waals surface area contributed by atoms with Crippen LogP contribution in [0.3, 0.4) is 0 Å². The highest BCUT2D eigenvalue weighted by Gasteiger charge is 2.20. The van der Waals surface area contributed by atoms with E-state index >= 15 is 0 Å². The van der Waals surface area contributed by atoms with E-state index in [2.05, 4.69) is 37.4 Å². The molecule has 1 aliphatic heterocycles. The van der Waals surface area contributed by atoms with Gasteiger partial charge in [-0.1, -0.05) is 25.5 Å². The van der Waals surface area contributed by atoms with Crippen LogP contribution in [0.25, 0.3) is 0 Å². The zero-order valence-electron chi connectivity index (χ0n) is 10.4. The van der Waals surface area contributed by atoms with Crippen LogP contribution in [0.2, 0.25) is 0 Å². The fourth-order valence-corrected chi connectivity index (χ4v) is 2.43. The van der Waals surface area contributed by atoms with Crippen LogP contribution < -0.4 is 10.1 Å². The molecule has 2 rings (SSSR count). The molecule has 2 atom stereocenters. The summed E-state index contributed by atoms with van der Waals surface area (Å²) in [5, 5.41) is 3.38. The zero-order valence-corrected chi connectivity index (χ0v) is 10.4. The molecule has 1 aromatic carbocycles. The van der Waals surface area contributed by atoms with Crippen LogP contribution in [0.1, 0.15) is 43.9 Å². The molecule has 0 amide bonds. The molecule has 1 aromatic rings. The predicted molar refractivity (Wildman–Crippen MR) is 66.9 cm³/mol. The van der Waals surface area contributed by atoms with Crippen molar-refractivity contribution in [3.05, 3.63) is 29.3 Å². The fourth-order valence-electron chi connectivity index (χ4n) is 2.43.